The third-order valence-corrected chi connectivity index (χ3v) is 1.28. The van der Waals surface area contributed by atoms with Crippen molar-refractivity contribution in [3.8, 4) is 0 Å². The van der Waals surface area contributed by atoms with Gasteiger partial charge in [-0.2, -0.15) is 0 Å². The summed E-state index contributed by atoms with van der Waals surface area (Å²) in [6.07, 6.45) is 0. The predicted octanol–water partition coefficient (Wildman–Crippen LogP) is -1.89. The van der Waals surface area contributed by atoms with Crippen LogP contribution in [0.1, 0.15) is 6.92 Å². The summed E-state index contributed by atoms with van der Waals surface area (Å²) in [5.41, 5.74) is 0. The maximum atomic E-state index is 3.10. The van der Waals surface area contributed by atoms with Crippen LogP contribution < -0.4 is 5.14 Å². The number of rotatable bonds is 4. The topological polar surface area (TPSA) is 15.3 Å². The second-order valence-electron chi connectivity index (χ2n) is 1.81. The average Bonchev–Trinajstić information content (AvgIpc) is 1.83. The van der Waals surface area contributed by atoms with Crippen molar-refractivity contribution in [2.45, 2.75) is 13.7 Å². The largest absolute Gasteiger partial charge is 0.394 e. The first kappa shape index (κ1) is 8.11. The van der Waals surface area contributed by atoms with Crippen LogP contribution in [0.4, 0.5) is 0 Å². The number of hydrogen-bond acceptors (Lipinski definition) is 2. The second kappa shape index (κ2) is 5.26. The molecule has 0 amide bonds. The van der Waals surface area contributed by atoms with Gasteiger partial charge < -0.3 is 9.86 Å². The maximum absolute atomic E-state index is 3.10. The fourth-order valence-electron chi connectivity index (χ4n) is 0.671. The van der Waals surface area contributed by atoms with Gasteiger partial charge in [-0.1, -0.05) is 13.7 Å². The van der Waals surface area contributed by atoms with E-state index in [-0.39, 0.29) is 0 Å². The van der Waals surface area contributed by atoms with Gasteiger partial charge in [-0.3, -0.25) is 0 Å². The van der Waals surface area contributed by atoms with Crippen molar-refractivity contribution in [2.24, 2.45) is 0 Å². The fraction of sp³-hybridized carbons (Fsp3) is 1.00. The van der Waals surface area contributed by atoms with Crippen molar-refractivity contribution in [2.75, 3.05) is 6.54 Å². The molecule has 0 bridgehead atoms. The third kappa shape index (κ3) is 3.16. The number of nitrogens with one attached hydrogen (secondary N) is 1. The molecule has 8 heavy (non-hydrogen) atoms. The van der Waals surface area contributed by atoms with Gasteiger partial charge in [0.25, 0.3) is 7.55 Å². The summed E-state index contributed by atoms with van der Waals surface area (Å²) >= 11 is 0. The van der Waals surface area contributed by atoms with Gasteiger partial charge in [0, 0.05) is 0 Å². The maximum Gasteiger partial charge on any atom is 0.265 e. The van der Waals surface area contributed by atoms with E-state index in [9.17, 15) is 0 Å². The van der Waals surface area contributed by atoms with Gasteiger partial charge in [-0.25, -0.2) is 0 Å². The lowest BCUT2D eigenvalue weighted by atomic mass is 9.85. The molecule has 2 nitrogen and oxygen atoms in total. The van der Waals surface area contributed by atoms with Gasteiger partial charge in [-0.05, 0) is 6.54 Å². The molecule has 1 N–H and O–H groups in total. The summed E-state index contributed by atoms with van der Waals surface area (Å²) in [7, 11) is 4.11. The Morgan fingerprint density at radius 1 is 1.75 bits per heavy atom. The van der Waals surface area contributed by atoms with Crippen LogP contribution in [0.3, 0.4) is 0 Å². The molecular weight excluding hydrogens is 96.5 g/mol. The van der Waals surface area contributed by atoms with Crippen molar-refractivity contribution in [3.63, 3.8) is 0 Å². The standard InChI is InChI=1S/C3H13B3N2/c1-3-8(5-2)6-7-4/h5-7H,3-4H2,1-2H3. The van der Waals surface area contributed by atoms with Crippen LogP contribution >= 0.6 is 0 Å². The molecule has 0 spiro atoms. The molecular formula is C3H13B3N2. The van der Waals surface area contributed by atoms with Crippen molar-refractivity contribution in [3.05, 3.63) is 0 Å². The van der Waals surface area contributed by atoms with Gasteiger partial charge >= 0.3 is 0 Å². The molecule has 0 aliphatic carbocycles. The quantitative estimate of drug-likeness (QED) is 0.425. The molecule has 0 aromatic carbocycles. The first-order valence-corrected chi connectivity index (χ1v) is 3.22. The van der Waals surface area contributed by atoms with E-state index >= 15 is 0 Å². The van der Waals surface area contributed by atoms with Crippen molar-refractivity contribution in [1.29, 1.82) is 0 Å². The van der Waals surface area contributed by atoms with Crippen molar-refractivity contribution < 1.29 is 0 Å². The minimum absolute atomic E-state index is 1.01. The summed E-state index contributed by atoms with van der Waals surface area (Å²) in [5.74, 6) is 0. The van der Waals surface area contributed by atoms with E-state index in [0.717, 1.165) is 21.5 Å². The van der Waals surface area contributed by atoms with E-state index in [0.29, 0.717) is 0 Å². The zero-order chi connectivity index (χ0) is 6.41. The fourth-order valence-corrected chi connectivity index (χ4v) is 0.671. The summed E-state index contributed by atoms with van der Waals surface area (Å²) in [5, 5.41) is 3.10. The van der Waals surface area contributed by atoms with E-state index in [1.165, 1.54) is 0 Å². The molecule has 0 saturated carbocycles. The zero-order valence-electron chi connectivity index (χ0n) is 6.07. The number of nitrogens with zero attached hydrogens (tertiary/aromatic N) is 1. The Bertz CT molecular complexity index is 47.8. The summed E-state index contributed by atoms with van der Waals surface area (Å²) in [4.78, 5) is 0. The van der Waals surface area contributed by atoms with Crippen LogP contribution in [0.25, 0.3) is 0 Å². The lowest BCUT2D eigenvalue weighted by molar-refractivity contribution is 0.711. The summed E-state index contributed by atoms with van der Waals surface area (Å²) in [6.45, 7) is 5.47. The van der Waals surface area contributed by atoms with Crippen molar-refractivity contribution in [1.82, 2.24) is 9.86 Å². The first-order chi connectivity index (χ1) is 3.85. The summed E-state index contributed by atoms with van der Waals surface area (Å²) < 4.78 is 2.32. The van der Waals surface area contributed by atoms with E-state index in [1.807, 2.05) is 7.98 Å². The second-order valence-corrected chi connectivity index (χ2v) is 1.81. The van der Waals surface area contributed by atoms with Gasteiger partial charge in [-0.15, -0.1) is 0 Å². The minimum atomic E-state index is 1.01. The molecule has 0 aromatic rings. The molecule has 0 unspecified atom stereocenters. The molecule has 0 rings (SSSR count). The van der Waals surface area contributed by atoms with Crippen LogP contribution in [0, 0.1) is 0 Å². The van der Waals surface area contributed by atoms with E-state index < -0.39 is 0 Å². The molecule has 44 valence electrons. The zero-order valence-corrected chi connectivity index (χ0v) is 6.07. The molecule has 0 aromatic heterocycles. The van der Waals surface area contributed by atoms with Gasteiger partial charge in [0.15, 0.2) is 15.4 Å². The molecule has 0 heterocycles. The van der Waals surface area contributed by atoms with Gasteiger partial charge in [0.05, 0.1) is 0 Å². The minimum Gasteiger partial charge on any atom is -0.394 e. The molecule has 0 saturated heterocycles. The Kier molecular flexibility index (Phi) is 5.33. The van der Waals surface area contributed by atoms with Crippen LogP contribution in [0.5, 0.6) is 0 Å². The highest BCUT2D eigenvalue weighted by Gasteiger charge is 1.96. The van der Waals surface area contributed by atoms with Crippen LogP contribution in [0.15, 0.2) is 0 Å². The number of hydrogen-bond donors (Lipinski definition) is 1. The molecule has 0 fully saturated rings. The Balaban J connectivity index is 3.07. The highest BCUT2D eigenvalue weighted by Crippen LogP contribution is 1.74. The highest BCUT2D eigenvalue weighted by molar-refractivity contribution is 6.51. The van der Waals surface area contributed by atoms with E-state index in [2.05, 4.69) is 23.6 Å². The van der Waals surface area contributed by atoms with Gasteiger partial charge in [0.1, 0.15) is 0 Å². The predicted molar refractivity (Wildman–Crippen MR) is 44.2 cm³/mol. The van der Waals surface area contributed by atoms with E-state index in [4.69, 9.17) is 0 Å². The molecule has 0 atom stereocenters. The Hall–Kier alpha value is 0.115. The SMILES string of the molecule is BNBN(BC)CC. The van der Waals surface area contributed by atoms with Crippen LogP contribution in [0.2, 0.25) is 6.82 Å². The van der Waals surface area contributed by atoms with E-state index in [1.54, 1.807) is 0 Å². The monoisotopic (exact) mass is 110 g/mol. The summed E-state index contributed by atoms with van der Waals surface area (Å²) in [6, 6.07) is 0. The van der Waals surface area contributed by atoms with Gasteiger partial charge in [0.2, 0.25) is 0 Å². The molecule has 0 aliphatic rings. The third-order valence-electron chi connectivity index (χ3n) is 1.28. The Morgan fingerprint density at radius 3 is 2.50 bits per heavy atom. The van der Waals surface area contributed by atoms with Crippen molar-refractivity contribution >= 4 is 22.9 Å². The molecule has 5 heteroatoms. The highest BCUT2D eigenvalue weighted by atomic mass is 15.0. The Labute approximate surface area is 54.0 Å². The lowest BCUT2D eigenvalue weighted by Crippen LogP contribution is -2.38. The van der Waals surface area contributed by atoms with Crippen LogP contribution in [-0.2, 0) is 0 Å². The molecule has 0 radical (unpaired) electrons. The first-order valence-electron chi connectivity index (χ1n) is 3.22. The smallest absolute Gasteiger partial charge is 0.265 e. The average molecular weight is 110 g/mol. The van der Waals surface area contributed by atoms with Crippen LogP contribution in [-0.4, -0.2) is 34.2 Å². The Morgan fingerprint density at radius 2 is 2.38 bits per heavy atom. The normalized spacial score (nSPS) is 9.38. The lowest BCUT2D eigenvalue weighted by Gasteiger charge is -2.14. The molecule has 0 aliphatic heterocycles.